The Morgan fingerprint density at radius 1 is 1.54 bits per heavy atom. The molecular formula is C10H16N2O. The smallest absolute Gasteiger partial charge is 0.160 e. The Balaban J connectivity index is 2.38. The van der Waals surface area contributed by atoms with E-state index in [9.17, 15) is 0 Å². The highest BCUT2D eigenvalue weighted by Crippen LogP contribution is 2.39. The number of ether oxygens (including phenoxy) is 1. The molecule has 0 spiro atoms. The van der Waals surface area contributed by atoms with Gasteiger partial charge in [-0.1, -0.05) is 13.8 Å². The van der Waals surface area contributed by atoms with E-state index in [1.54, 1.807) is 7.11 Å². The molecule has 2 rings (SSSR count). The lowest BCUT2D eigenvalue weighted by Gasteiger charge is -2.10. The second-order valence-electron chi connectivity index (χ2n) is 3.93. The van der Waals surface area contributed by atoms with Crippen LogP contribution in [-0.2, 0) is 0 Å². The van der Waals surface area contributed by atoms with Gasteiger partial charge in [0.2, 0.25) is 0 Å². The average Bonchev–Trinajstić information content (AvgIpc) is 2.84. The van der Waals surface area contributed by atoms with Crippen LogP contribution < -0.4 is 4.74 Å². The van der Waals surface area contributed by atoms with Crippen molar-refractivity contribution in [3.8, 4) is 5.75 Å². The van der Waals surface area contributed by atoms with Crippen molar-refractivity contribution in [1.82, 2.24) is 9.78 Å². The van der Waals surface area contributed by atoms with Crippen LogP contribution in [0.15, 0.2) is 6.20 Å². The molecule has 3 nitrogen and oxygen atoms in total. The van der Waals surface area contributed by atoms with Crippen molar-refractivity contribution in [1.29, 1.82) is 0 Å². The van der Waals surface area contributed by atoms with E-state index in [1.807, 2.05) is 6.20 Å². The van der Waals surface area contributed by atoms with Gasteiger partial charge in [-0.05, 0) is 18.8 Å². The molecule has 1 fully saturated rings. The van der Waals surface area contributed by atoms with E-state index in [2.05, 4.69) is 23.6 Å². The van der Waals surface area contributed by atoms with Gasteiger partial charge in [0, 0.05) is 0 Å². The van der Waals surface area contributed by atoms with Gasteiger partial charge in [-0.15, -0.1) is 0 Å². The van der Waals surface area contributed by atoms with Gasteiger partial charge in [0.05, 0.1) is 25.0 Å². The summed E-state index contributed by atoms with van der Waals surface area (Å²) >= 11 is 0. The van der Waals surface area contributed by atoms with Crippen molar-refractivity contribution in [3.63, 3.8) is 0 Å². The number of hydrogen-bond acceptors (Lipinski definition) is 2. The third kappa shape index (κ3) is 1.43. The highest BCUT2D eigenvalue weighted by Gasteiger charge is 2.29. The van der Waals surface area contributed by atoms with E-state index in [0.29, 0.717) is 12.0 Å². The Hall–Kier alpha value is -0.990. The molecule has 1 aliphatic carbocycles. The third-order valence-electron chi connectivity index (χ3n) is 2.46. The number of hydrogen-bond donors (Lipinski definition) is 0. The summed E-state index contributed by atoms with van der Waals surface area (Å²) in [5.41, 5.74) is 1.24. The fourth-order valence-corrected chi connectivity index (χ4v) is 1.67. The number of aromatic nitrogens is 2. The summed E-state index contributed by atoms with van der Waals surface area (Å²) < 4.78 is 7.41. The van der Waals surface area contributed by atoms with Gasteiger partial charge in [0.1, 0.15) is 0 Å². The Kier molecular flexibility index (Phi) is 2.02. The highest BCUT2D eigenvalue weighted by molar-refractivity contribution is 5.28. The lowest BCUT2D eigenvalue weighted by atomic mass is 10.1. The van der Waals surface area contributed by atoms with Crippen molar-refractivity contribution < 1.29 is 4.74 Å². The normalized spacial score (nSPS) is 16.6. The predicted octanol–water partition coefficient (Wildman–Crippen LogP) is 2.35. The molecule has 1 aromatic heterocycles. The first-order chi connectivity index (χ1) is 6.24. The Morgan fingerprint density at radius 3 is 2.69 bits per heavy atom. The first-order valence-corrected chi connectivity index (χ1v) is 4.85. The zero-order chi connectivity index (χ0) is 9.42. The monoisotopic (exact) mass is 180 g/mol. The Morgan fingerprint density at radius 2 is 2.23 bits per heavy atom. The summed E-state index contributed by atoms with van der Waals surface area (Å²) in [4.78, 5) is 0. The molecule has 1 heterocycles. The van der Waals surface area contributed by atoms with E-state index < -0.39 is 0 Å². The molecule has 1 aliphatic rings. The van der Waals surface area contributed by atoms with Crippen LogP contribution in [0.3, 0.4) is 0 Å². The summed E-state index contributed by atoms with van der Waals surface area (Å²) in [5.74, 6) is 1.42. The fourth-order valence-electron chi connectivity index (χ4n) is 1.67. The van der Waals surface area contributed by atoms with E-state index in [-0.39, 0.29) is 0 Å². The minimum absolute atomic E-state index is 0.484. The van der Waals surface area contributed by atoms with E-state index in [4.69, 9.17) is 4.74 Å². The summed E-state index contributed by atoms with van der Waals surface area (Å²) in [6.07, 6.45) is 4.36. The molecule has 1 saturated carbocycles. The molecule has 13 heavy (non-hydrogen) atoms. The first-order valence-electron chi connectivity index (χ1n) is 4.85. The van der Waals surface area contributed by atoms with Crippen molar-refractivity contribution >= 4 is 0 Å². The molecule has 0 aliphatic heterocycles. The van der Waals surface area contributed by atoms with Crippen LogP contribution in [0.5, 0.6) is 5.75 Å². The van der Waals surface area contributed by atoms with Crippen LogP contribution in [0.25, 0.3) is 0 Å². The SMILES string of the molecule is COc1cnn(C2CC2)c1C(C)C. The molecule has 0 N–H and O–H groups in total. The Labute approximate surface area is 78.7 Å². The topological polar surface area (TPSA) is 27.1 Å². The molecule has 3 heteroatoms. The first kappa shape index (κ1) is 8.60. The maximum Gasteiger partial charge on any atom is 0.160 e. The van der Waals surface area contributed by atoms with Gasteiger partial charge >= 0.3 is 0 Å². The second kappa shape index (κ2) is 3.05. The predicted molar refractivity (Wildman–Crippen MR) is 51.1 cm³/mol. The summed E-state index contributed by atoms with van der Waals surface area (Å²) in [5, 5.41) is 4.36. The van der Waals surface area contributed by atoms with Crippen molar-refractivity contribution in [2.45, 2.75) is 38.6 Å². The molecule has 0 radical (unpaired) electrons. The molecule has 0 saturated heterocycles. The summed E-state index contributed by atoms with van der Waals surface area (Å²) in [6.45, 7) is 4.36. The van der Waals surface area contributed by atoms with Gasteiger partial charge in [0.25, 0.3) is 0 Å². The van der Waals surface area contributed by atoms with Crippen molar-refractivity contribution in [3.05, 3.63) is 11.9 Å². The fraction of sp³-hybridized carbons (Fsp3) is 0.700. The number of methoxy groups -OCH3 is 1. The van der Waals surface area contributed by atoms with Gasteiger partial charge in [-0.2, -0.15) is 5.10 Å². The van der Waals surface area contributed by atoms with Crippen LogP contribution in [0.2, 0.25) is 0 Å². The Bertz CT molecular complexity index is 300. The third-order valence-corrected chi connectivity index (χ3v) is 2.46. The maximum atomic E-state index is 5.28. The standard InChI is InChI=1S/C10H16N2O/c1-7(2)10-9(13-3)6-11-12(10)8-4-5-8/h6-8H,4-5H2,1-3H3. The van der Waals surface area contributed by atoms with E-state index in [1.165, 1.54) is 18.5 Å². The second-order valence-corrected chi connectivity index (χ2v) is 3.93. The molecule has 0 atom stereocenters. The van der Waals surface area contributed by atoms with E-state index >= 15 is 0 Å². The molecule has 0 bridgehead atoms. The highest BCUT2D eigenvalue weighted by atomic mass is 16.5. The zero-order valence-corrected chi connectivity index (χ0v) is 8.45. The van der Waals surface area contributed by atoms with Gasteiger partial charge in [-0.3, -0.25) is 4.68 Å². The summed E-state index contributed by atoms with van der Waals surface area (Å²) in [7, 11) is 1.71. The molecule has 72 valence electrons. The number of rotatable bonds is 3. The molecular weight excluding hydrogens is 164 g/mol. The van der Waals surface area contributed by atoms with Gasteiger partial charge in [-0.25, -0.2) is 0 Å². The molecule has 0 unspecified atom stereocenters. The molecule has 1 aromatic rings. The number of nitrogens with zero attached hydrogens (tertiary/aromatic N) is 2. The van der Waals surface area contributed by atoms with Crippen LogP contribution in [-0.4, -0.2) is 16.9 Å². The average molecular weight is 180 g/mol. The zero-order valence-electron chi connectivity index (χ0n) is 8.45. The van der Waals surface area contributed by atoms with Crippen molar-refractivity contribution in [2.75, 3.05) is 7.11 Å². The quantitative estimate of drug-likeness (QED) is 0.714. The maximum absolute atomic E-state index is 5.28. The van der Waals surface area contributed by atoms with Crippen molar-refractivity contribution in [2.24, 2.45) is 0 Å². The van der Waals surface area contributed by atoms with Gasteiger partial charge < -0.3 is 4.74 Å². The lowest BCUT2D eigenvalue weighted by molar-refractivity contribution is 0.404. The van der Waals surface area contributed by atoms with Crippen LogP contribution in [0, 0.1) is 0 Å². The van der Waals surface area contributed by atoms with Crippen LogP contribution in [0.4, 0.5) is 0 Å². The minimum Gasteiger partial charge on any atom is -0.493 e. The minimum atomic E-state index is 0.484. The van der Waals surface area contributed by atoms with Crippen LogP contribution >= 0.6 is 0 Å². The molecule has 0 aromatic carbocycles. The summed E-state index contributed by atoms with van der Waals surface area (Å²) in [6, 6.07) is 0.640. The van der Waals surface area contributed by atoms with Gasteiger partial charge in [0.15, 0.2) is 5.75 Å². The molecule has 0 amide bonds. The van der Waals surface area contributed by atoms with E-state index in [0.717, 1.165) is 5.75 Å². The largest absolute Gasteiger partial charge is 0.493 e. The lowest BCUT2D eigenvalue weighted by Crippen LogP contribution is -2.04. The van der Waals surface area contributed by atoms with Crippen LogP contribution in [0.1, 0.15) is 44.3 Å².